The maximum atomic E-state index is 10.4. The first-order valence-electron chi connectivity index (χ1n) is 8.75. The summed E-state index contributed by atoms with van der Waals surface area (Å²) in [5, 5.41) is 11.6. The molecule has 1 N–H and O–H groups in total. The Morgan fingerprint density at radius 3 is 2.80 bits per heavy atom. The second kappa shape index (κ2) is 7.52. The number of hydrogen-bond donors (Lipinski definition) is 1. The van der Waals surface area contributed by atoms with Crippen LogP contribution >= 0.6 is 11.3 Å². The van der Waals surface area contributed by atoms with E-state index in [1.165, 1.54) is 4.70 Å². The van der Waals surface area contributed by atoms with Gasteiger partial charge in [0.25, 0.3) is 0 Å². The van der Waals surface area contributed by atoms with E-state index in [4.69, 9.17) is 9.72 Å². The molecule has 130 valence electrons. The smallest absolute Gasteiger partial charge is 0.119 e. The summed E-state index contributed by atoms with van der Waals surface area (Å²) >= 11 is 1.77. The second-order valence-corrected chi connectivity index (χ2v) is 7.51. The van der Waals surface area contributed by atoms with Gasteiger partial charge in [-0.2, -0.15) is 0 Å². The summed E-state index contributed by atoms with van der Waals surface area (Å²) in [5.74, 6) is 0.797. The maximum Gasteiger partial charge on any atom is 0.119 e. The van der Waals surface area contributed by atoms with Crippen LogP contribution in [0.4, 0.5) is 0 Å². The molecule has 2 atom stereocenters. The maximum absolute atomic E-state index is 10.4. The van der Waals surface area contributed by atoms with Gasteiger partial charge in [0.05, 0.1) is 16.3 Å². The number of β-amino-alcohol motifs (C(OH)–C–C–N with tert-alkyl or cyclic N) is 1. The van der Waals surface area contributed by atoms with Crippen LogP contribution in [-0.2, 0) is 0 Å². The van der Waals surface area contributed by atoms with Gasteiger partial charge in [-0.25, -0.2) is 4.98 Å². The molecule has 1 aromatic heterocycles. The molecular formula is C20H22N2O2S. The second-order valence-electron chi connectivity index (χ2n) is 6.45. The fraction of sp³-hybridized carbons (Fsp3) is 0.350. The summed E-state index contributed by atoms with van der Waals surface area (Å²) in [5.41, 5.74) is 1.07. The van der Waals surface area contributed by atoms with Crippen molar-refractivity contribution < 1.29 is 9.84 Å². The van der Waals surface area contributed by atoms with Gasteiger partial charge in [0.15, 0.2) is 0 Å². The first-order valence-corrected chi connectivity index (χ1v) is 9.57. The number of hydrogen-bond acceptors (Lipinski definition) is 5. The van der Waals surface area contributed by atoms with Crippen molar-refractivity contribution in [3.8, 4) is 5.75 Å². The lowest BCUT2D eigenvalue weighted by Gasteiger charge is -2.25. The van der Waals surface area contributed by atoms with Crippen molar-refractivity contribution in [2.75, 3.05) is 19.7 Å². The highest BCUT2D eigenvalue weighted by Gasteiger charge is 2.30. The summed E-state index contributed by atoms with van der Waals surface area (Å²) in [4.78, 5) is 7.15. The number of para-hydroxylation sites is 2. The van der Waals surface area contributed by atoms with E-state index in [2.05, 4.69) is 23.1 Å². The van der Waals surface area contributed by atoms with Crippen molar-refractivity contribution in [1.29, 1.82) is 0 Å². The fourth-order valence-corrected chi connectivity index (χ4v) is 4.53. The van der Waals surface area contributed by atoms with Crippen LogP contribution in [0.5, 0.6) is 5.75 Å². The van der Waals surface area contributed by atoms with Crippen LogP contribution in [0.15, 0.2) is 54.6 Å². The highest BCUT2D eigenvalue weighted by molar-refractivity contribution is 7.18. The zero-order chi connectivity index (χ0) is 17.1. The zero-order valence-electron chi connectivity index (χ0n) is 14.0. The van der Waals surface area contributed by atoms with Gasteiger partial charge in [-0.1, -0.05) is 30.3 Å². The predicted molar refractivity (Wildman–Crippen MR) is 101 cm³/mol. The van der Waals surface area contributed by atoms with Crippen LogP contribution in [0.1, 0.15) is 23.9 Å². The van der Waals surface area contributed by atoms with Gasteiger partial charge in [-0.3, -0.25) is 4.90 Å². The first-order chi connectivity index (χ1) is 12.3. The van der Waals surface area contributed by atoms with E-state index in [1.54, 1.807) is 11.3 Å². The minimum Gasteiger partial charge on any atom is -0.491 e. The Labute approximate surface area is 151 Å². The van der Waals surface area contributed by atoms with E-state index >= 15 is 0 Å². The number of aliphatic hydroxyl groups is 1. The van der Waals surface area contributed by atoms with E-state index in [1.807, 2.05) is 36.4 Å². The Morgan fingerprint density at radius 1 is 1.16 bits per heavy atom. The third-order valence-electron chi connectivity index (χ3n) is 4.59. The van der Waals surface area contributed by atoms with Crippen LogP contribution in [-0.4, -0.2) is 40.8 Å². The number of benzene rings is 2. The summed E-state index contributed by atoms with van der Waals surface area (Å²) in [6.07, 6.45) is 1.74. The Bertz CT molecular complexity index is 788. The van der Waals surface area contributed by atoms with Gasteiger partial charge < -0.3 is 9.84 Å². The van der Waals surface area contributed by atoms with E-state index in [-0.39, 0.29) is 0 Å². The van der Waals surface area contributed by atoms with Crippen molar-refractivity contribution >= 4 is 21.6 Å². The van der Waals surface area contributed by atoms with Gasteiger partial charge in [-0.15, -0.1) is 11.3 Å². The number of rotatable bonds is 6. The zero-order valence-corrected chi connectivity index (χ0v) is 14.9. The topological polar surface area (TPSA) is 45.6 Å². The van der Waals surface area contributed by atoms with Crippen molar-refractivity contribution in [3.05, 3.63) is 59.6 Å². The molecule has 0 bridgehead atoms. The summed E-state index contributed by atoms with van der Waals surface area (Å²) in [6.45, 7) is 1.93. The molecule has 0 aliphatic carbocycles. The summed E-state index contributed by atoms with van der Waals surface area (Å²) in [7, 11) is 0. The molecule has 0 radical (unpaired) electrons. The standard InChI is InChI=1S/C20H22N2O2S/c23-15(14-24-16-7-2-1-3-8-16)13-22-12-6-10-18(22)20-21-17-9-4-5-11-19(17)25-20/h1-5,7-9,11,15,18,23H,6,10,12-14H2. The SMILES string of the molecule is OC(COc1ccccc1)CN1CCCC1c1nc2ccccc2s1. The average molecular weight is 354 g/mol. The monoisotopic (exact) mass is 354 g/mol. The first kappa shape index (κ1) is 16.5. The third kappa shape index (κ3) is 3.84. The molecule has 1 aliphatic heterocycles. The molecule has 0 saturated carbocycles. The highest BCUT2D eigenvalue weighted by atomic mass is 32.1. The average Bonchev–Trinajstić information content (AvgIpc) is 3.27. The predicted octanol–water partition coefficient (Wildman–Crippen LogP) is 3.87. The van der Waals surface area contributed by atoms with E-state index < -0.39 is 6.10 Å². The molecule has 2 unspecified atom stereocenters. The number of thiazole rings is 1. The molecule has 1 aliphatic rings. The molecule has 5 heteroatoms. The molecule has 1 saturated heterocycles. The normalized spacial score (nSPS) is 19.3. The molecule has 25 heavy (non-hydrogen) atoms. The number of fused-ring (bicyclic) bond motifs is 1. The Balaban J connectivity index is 1.39. The van der Waals surface area contributed by atoms with Crippen LogP contribution in [0.2, 0.25) is 0 Å². The fourth-order valence-electron chi connectivity index (χ4n) is 3.39. The molecule has 2 aromatic carbocycles. The van der Waals surface area contributed by atoms with E-state index in [0.717, 1.165) is 35.7 Å². The van der Waals surface area contributed by atoms with Gasteiger partial charge in [0.2, 0.25) is 0 Å². The molecule has 0 spiro atoms. The largest absolute Gasteiger partial charge is 0.491 e. The number of nitrogens with zero attached hydrogens (tertiary/aromatic N) is 2. The van der Waals surface area contributed by atoms with Gasteiger partial charge in [-0.05, 0) is 43.7 Å². The molecular weight excluding hydrogens is 332 g/mol. The van der Waals surface area contributed by atoms with Gasteiger partial charge >= 0.3 is 0 Å². The number of likely N-dealkylation sites (tertiary alicyclic amines) is 1. The molecule has 4 nitrogen and oxygen atoms in total. The van der Waals surface area contributed by atoms with Crippen LogP contribution in [0.25, 0.3) is 10.2 Å². The van der Waals surface area contributed by atoms with Gasteiger partial charge in [0.1, 0.15) is 23.5 Å². The Morgan fingerprint density at radius 2 is 1.96 bits per heavy atom. The molecule has 0 amide bonds. The lowest BCUT2D eigenvalue weighted by molar-refractivity contribution is 0.0638. The number of ether oxygens (including phenoxy) is 1. The molecule has 1 fully saturated rings. The Kier molecular flexibility index (Phi) is 4.97. The minimum atomic E-state index is -0.504. The van der Waals surface area contributed by atoms with Crippen molar-refractivity contribution in [2.24, 2.45) is 0 Å². The molecule has 4 rings (SSSR count). The van der Waals surface area contributed by atoms with Crippen molar-refractivity contribution in [3.63, 3.8) is 0 Å². The molecule has 2 heterocycles. The lowest BCUT2D eigenvalue weighted by Crippen LogP contribution is -2.35. The molecule has 3 aromatic rings. The van der Waals surface area contributed by atoms with E-state index in [0.29, 0.717) is 19.2 Å². The third-order valence-corrected chi connectivity index (χ3v) is 5.73. The van der Waals surface area contributed by atoms with E-state index in [9.17, 15) is 5.11 Å². The lowest BCUT2D eigenvalue weighted by atomic mass is 10.2. The van der Waals surface area contributed by atoms with Crippen LogP contribution < -0.4 is 4.74 Å². The number of aromatic nitrogens is 1. The summed E-state index contributed by atoms with van der Waals surface area (Å²) < 4.78 is 6.91. The van der Waals surface area contributed by atoms with Crippen molar-refractivity contribution in [1.82, 2.24) is 9.88 Å². The Hall–Kier alpha value is -1.95. The highest BCUT2D eigenvalue weighted by Crippen LogP contribution is 2.36. The van der Waals surface area contributed by atoms with Gasteiger partial charge in [0, 0.05) is 6.54 Å². The van der Waals surface area contributed by atoms with Crippen LogP contribution in [0, 0.1) is 0 Å². The van der Waals surface area contributed by atoms with Crippen LogP contribution in [0.3, 0.4) is 0 Å². The summed E-state index contributed by atoms with van der Waals surface area (Å²) in [6, 6.07) is 18.2. The number of aliphatic hydroxyl groups excluding tert-OH is 1. The van der Waals surface area contributed by atoms with Crippen molar-refractivity contribution in [2.45, 2.75) is 25.0 Å². The minimum absolute atomic E-state index is 0.309. The quantitative estimate of drug-likeness (QED) is 0.730.